The Labute approximate surface area is 110 Å². The molecular weight excluding hydrogens is 222 g/mol. The highest BCUT2D eigenvalue weighted by Crippen LogP contribution is 2.26. The van der Waals surface area contributed by atoms with Gasteiger partial charge in [0.25, 0.3) is 0 Å². The van der Waals surface area contributed by atoms with Crippen LogP contribution in [0, 0.1) is 0 Å². The molecule has 3 heteroatoms. The number of rotatable bonds is 4. The van der Waals surface area contributed by atoms with E-state index in [0.29, 0.717) is 6.04 Å². The van der Waals surface area contributed by atoms with Crippen LogP contribution in [0.1, 0.15) is 57.6 Å². The Balaban J connectivity index is 2.12. The van der Waals surface area contributed by atoms with E-state index >= 15 is 0 Å². The average molecular weight is 247 g/mol. The normalized spacial score (nSPS) is 21.9. The Hall–Kier alpha value is -1.09. The number of piperidine rings is 1. The van der Waals surface area contributed by atoms with Crippen molar-refractivity contribution in [1.82, 2.24) is 4.98 Å². The third-order valence-electron chi connectivity index (χ3n) is 3.84. The van der Waals surface area contributed by atoms with E-state index in [0.717, 1.165) is 17.9 Å². The number of hydrogen-bond acceptors (Lipinski definition) is 3. The number of anilines is 1. The van der Waals surface area contributed by atoms with Gasteiger partial charge in [0.2, 0.25) is 0 Å². The lowest BCUT2D eigenvalue weighted by Crippen LogP contribution is -2.40. The van der Waals surface area contributed by atoms with Crippen LogP contribution in [-0.2, 0) is 0 Å². The van der Waals surface area contributed by atoms with Gasteiger partial charge in [-0.15, -0.1) is 0 Å². The molecule has 0 aliphatic carbocycles. The van der Waals surface area contributed by atoms with Crippen molar-refractivity contribution < 1.29 is 0 Å². The van der Waals surface area contributed by atoms with Gasteiger partial charge in [0.1, 0.15) is 5.82 Å². The van der Waals surface area contributed by atoms with Crippen LogP contribution in [0.25, 0.3) is 0 Å². The molecule has 0 aromatic carbocycles. The van der Waals surface area contributed by atoms with Crippen LogP contribution in [0.3, 0.4) is 0 Å². The fraction of sp³-hybridized carbons (Fsp3) is 0.667. The summed E-state index contributed by atoms with van der Waals surface area (Å²) in [7, 11) is 0. The second kappa shape index (κ2) is 6.19. The highest BCUT2D eigenvalue weighted by molar-refractivity contribution is 5.41. The fourth-order valence-corrected chi connectivity index (χ4v) is 2.77. The third-order valence-corrected chi connectivity index (χ3v) is 3.84. The van der Waals surface area contributed by atoms with Crippen molar-refractivity contribution in [3.8, 4) is 0 Å². The van der Waals surface area contributed by atoms with Crippen molar-refractivity contribution in [1.29, 1.82) is 0 Å². The lowest BCUT2D eigenvalue weighted by atomic mass is 9.98. The van der Waals surface area contributed by atoms with Crippen LogP contribution in [0.4, 0.5) is 5.82 Å². The van der Waals surface area contributed by atoms with Gasteiger partial charge in [0.05, 0.1) is 0 Å². The minimum atomic E-state index is 0.0688. The van der Waals surface area contributed by atoms with Crippen LogP contribution in [0.5, 0.6) is 0 Å². The quantitative estimate of drug-likeness (QED) is 0.888. The number of nitrogens with zero attached hydrogens (tertiary/aromatic N) is 2. The highest BCUT2D eigenvalue weighted by atomic mass is 15.2. The van der Waals surface area contributed by atoms with Crippen molar-refractivity contribution in [2.45, 2.75) is 58.0 Å². The van der Waals surface area contributed by atoms with Crippen molar-refractivity contribution in [3.63, 3.8) is 0 Å². The number of pyridine rings is 1. The Morgan fingerprint density at radius 2 is 2.28 bits per heavy atom. The molecule has 1 aliphatic heterocycles. The van der Waals surface area contributed by atoms with Gasteiger partial charge in [-0.05, 0) is 44.2 Å². The van der Waals surface area contributed by atoms with Crippen molar-refractivity contribution in [2.24, 2.45) is 5.73 Å². The lowest BCUT2D eigenvalue weighted by molar-refractivity contribution is 0.432. The van der Waals surface area contributed by atoms with Gasteiger partial charge in [0, 0.05) is 24.8 Å². The largest absolute Gasteiger partial charge is 0.354 e. The Bertz CT molecular complexity index is 357. The molecule has 0 bridgehead atoms. The summed E-state index contributed by atoms with van der Waals surface area (Å²) in [4.78, 5) is 7.09. The summed E-state index contributed by atoms with van der Waals surface area (Å²) < 4.78 is 0. The zero-order chi connectivity index (χ0) is 13.0. The summed E-state index contributed by atoms with van der Waals surface area (Å²) >= 11 is 0. The first-order chi connectivity index (χ1) is 8.72. The Kier molecular flexibility index (Phi) is 4.59. The molecule has 0 saturated carbocycles. The molecule has 2 heterocycles. The molecule has 1 saturated heterocycles. The molecule has 100 valence electrons. The lowest BCUT2D eigenvalue weighted by Gasteiger charge is -2.36. The van der Waals surface area contributed by atoms with E-state index < -0.39 is 0 Å². The second-order valence-electron chi connectivity index (χ2n) is 5.37. The predicted octanol–water partition coefficient (Wildman–Crippen LogP) is 3.26. The van der Waals surface area contributed by atoms with E-state index in [1.807, 2.05) is 13.1 Å². The standard InChI is InChI=1S/C15H25N3/c1-3-6-14-7-4-5-10-18(14)15-9-8-13(11-17-15)12(2)16/h8-9,11-12,14H,3-7,10,16H2,1-2H3. The molecule has 1 aliphatic rings. The van der Waals surface area contributed by atoms with E-state index in [4.69, 9.17) is 5.73 Å². The number of nitrogens with two attached hydrogens (primary N) is 1. The minimum absolute atomic E-state index is 0.0688. The summed E-state index contributed by atoms with van der Waals surface area (Å²) in [5.74, 6) is 1.12. The number of hydrogen-bond donors (Lipinski definition) is 1. The predicted molar refractivity (Wildman–Crippen MR) is 76.7 cm³/mol. The van der Waals surface area contributed by atoms with Gasteiger partial charge in [-0.2, -0.15) is 0 Å². The van der Waals surface area contributed by atoms with Gasteiger partial charge < -0.3 is 10.6 Å². The summed E-state index contributed by atoms with van der Waals surface area (Å²) in [6.45, 7) is 5.41. The zero-order valence-corrected chi connectivity index (χ0v) is 11.6. The SMILES string of the molecule is CCCC1CCCCN1c1ccc(C(C)N)cn1. The molecule has 2 atom stereocenters. The van der Waals surface area contributed by atoms with Gasteiger partial charge in [-0.3, -0.25) is 0 Å². The maximum Gasteiger partial charge on any atom is 0.128 e. The smallest absolute Gasteiger partial charge is 0.128 e. The summed E-state index contributed by atoms with van der Waals surface area (Å²) in [6.07, 6.45) is 8.41. The average Bonchev–Trinajstić information content (AvgIpc) is 2.40. The molecule has 18 heavy (non-hydrogen) atoms. The topological polar surface area (TPSA) is 42.1 Å². The first kappa shape index (κ1) is 13.3. The molecule has 0 radical (unpaired) electrons. The molecule has 3 nitrogen and oxygen atoms in total. The molecule has 0 spiro atoms. The maximum absolute atomic E-state index is 5.86. The zero-order valence-electron chi connectivity index (χ0n) is 11.6. The van der Waals surface area contributed by atoms with Gasteiger partial charge in [-0.25, -0.2) is 4.98 Å². The van der Waals surface area contributed by atoms with Crippen LogP contribution >= 0.6 is 0 Å². The van der Waals surface area contributed by atoms with Crippen molar-refractivity contribution >= 4 is 5.82 Å². The summed E-state index contributed by atoms with van der Waals surface area (Å²) in [5, 5.41) is 0. The first-order valence-corrected chi connectivity index (χ1v) is 7.20. The molecule has 0 amide bonds. The molecule has 1 aromatic rings. The molecular formula is C15H25N3. The van der Waals surface area contributed by atoms with Crippen LogP contribution in [0.15, 0.2) is 18.3 Å². The molecule has 2 unspecified atom stereocenters. The van der Waals surface area contributed by atoms with Crippen molar-refractivity contribution in [2.75, 3.05) is 11.4 Å². The van der Waals surface area contributed by atoms with Crippen molar-refractivity contribution in [3.05, 3.63) is 23.9 Å². The second-order valence-corrected chi connectivity index (χ2v) is 5.37. The van der Waals surface area contributed by atoms with Gasteiger partial charge >= 0.3 is 0 Å². The highest BCUT2D eigenvalue weighted by Gasteiger charge is 2.22. The van der Waals surface area contributed by atoms with E-state index in [1.165, 1.54) is 32.1 Å². The first-order valence-electron chi connectivity index (χ1n) is 7.20. The van der Waals surface area contributed by atoms with Crippen LogP contribution < -0.4 is 10.6 Å². The summed E-state index contributed by atoms with van der Waals surface area (Å²) in [5.41, 5.74) is 6.98. The number of aromatic nitrogens is 1. The Morgan fingerprint density at radius 3 is 2.89 bits per heavy atom. The summed E-state index contributed by atoms with van der Waals surface area (Å²) in [6, 6.07) is 4.99. The van der Waals surface area contributed by atoms with E-state index in [2.05, 4.69) is 28.9 Å². The van der Waals surface area contributed by atoms with E-state index in [9.17, 15) is 0 Å². The van der Waals surface area contributed by atoms with Crippen LogP contribution in [-0.4, -0.2) is 17.6 Å². The van der Waals surface area contributed by atoms with E-state index in [1.54, 1.807) is 0 Å². The molecule has 1 fully saturated rings. The molecule has 1 aromatic heterocycles. The minimum Gasteiger partial charge on any atom is -0.354 e. The van der Waals surface area contributed by atoms with Gasteiger partial charge in [-0.1, -0.05) is 19.4 Å². The Morgan fingerprint density at radius 1 is 1.44 bits per heavy atom. The van der Waals surface area contributed by atoms with Crippen LogP contribution in [0.2, 0.25) is 0 Å². The third kappa shape index (κ3) is 3.02. The van der Waals surface area contributed by atoms with E-state index in [-0.39, 0.29) is 6.04 Å². The molecule has 2 N–H and O–H groups in total. The molecule has 2 rings (SSSR count). The fourth-order valence-electron chi connectivity index (χ4n) is 2.77. The monoisotopic (exact) mass is 247 g/mol. The maximum atomic E-state index is 5.86. The van der Waals surface area contributed by atoms with Gasteiger partial charge in [0.15, 0.2) is 0 Å².